The van der Waals surface area contributed by atoms with Gasteiger partial charge in [-0.05, 0) is 38.0 Å². The van der Waals surface area contributed by atoms with E-state index in [9.17, 15) is 5.11 Å². The second-order valence-corrected chi connectivity index (χ2v) is 12.2. The second kappa shape index (κ2) is 15.6. The van der Waals surface area contributed by atoms with Crippen LogP contribution in [0.3, 0.4) is 0 Å². The molecule has 0 aromatic heterocycles. The number of para-hydroxylation sites is 2. The zero-order valence-electron chi connectivity index (χ0n) is 26.9. The lowest BCUT2D eigenvalue weighted by Gasteiger charge is -2.27. The van der Waals surface area contributed by atoms with E-state index in [1.807, 2.05) is 0 Å². The fourth-order valence-corrected chi connectivity index (χ4v) is 6.19. The molecule has 0 bridgehead atoms. The van der Waals surface area contributed by atoms with Crippen molar-refractivity contribution in [3.63, 3.8) is 0 Å². The van der Waals surface area contributed by atoms with Gasteiger partial charge >= 0.3 is 0 Å². The van der Waals surface area contributed by atoms with Crippen LogP contribution in [0.1, 0.15) is 58.6 Å². The smallest absolute Gasteiger partial charge is 0.209 e. The third-order valence-corrected chi connectivity index (χ3v) is 8.42. The Morgan fingerprint density at radius 3 is 2.14 bits per heavy atom. The van der Waals surface area contributed by atoms with Gasteiger partial charge < -0.3 is 24.2 Å². The molecule has 4 rings (SSSR count). The molecule has 232 valence electrons. The first kappa shape index (κ1) is 32.9. The summed E-state index contributed by atoms with van der Waals surface area (Å²) >= 11 is 0. The summed E-state index contributed by atoms with van der Waals surface area (Å²) in [6, 6.07) is 17.3. The van der Waals surface area contributed by atoms with Gasteiger partial charge in [-0.1, -0.05) is 75.4 Å². The van der Waals surface area contributed by atoms with Crippen molar-refractivity contribution in [1.82, 2.24) is 0 Å². The van der Waals surface area contributed by atoms with Gasteiger partial charge in [-0.2, -0.15) is 4.58 Å². The molecule has 1 N–H and O–H groups in total. The van der Waals surface area contributed by atoms with Gasteiger partial charge in [0, 0.05) is 60.7 Å². The number of aliphatic hydroxyl groups excluding tert-OH is 1. The van der Waals surface area contributed by atoms with E-state index < -0.39 is 0 Å². The highest BCUT2D eigenvalue weighted by Gasteiger charge is 2.43. The number of anilines is 1. The van der Waals surface area contributed by atoms with Gasteiger partial charge in [0.05, 0.1) is 38.4 Å². The van der Waals surface area contributed by atoms with Crippen LogP contribution in [0.5, 0.6) is 0 Å². The molecule has 2 aromatic rings. The first-order chi connectivity index (χ1) is 20.8. The van der Waals surface area contributed by atoms with E-state index in [1.54, 1.807) is 0 Å². The molecule has 0 unspecified atom stereocenters. The molecule has 0 saturated carbocycles. The van der Waals surface area contributed by atoms with Crippen LogP contribution >= 0.6 is 0 Å². The lowest BCUT2D eigenvalue weighted by molar-refractivity contribution is -0.438. The van der Waals surface area contributed by atoms with Crippen LogP contribution in [0.2, 0.25) is 0 Å². The van der Waals surface area contributed by atoms with E-state index in [2.05, 4.69) is 123 Å². The molecule has 0 amide bonds. The molecule has 43 heavy (non-hydrogen) atoms. The summed E-state index contributed by atoms with van der Waals surface area (Å²) in [5, 5.41) is 9.51. The second-order valence-electron chi connectivity index (χ2n) is 12.2. The maximum atomic E-state index is 9.51. The van der Waals surface area contributed by atoms with Gasteiger partial charge in [0.2, 0.25) is 5.69 Å². The highest BCUT2D eigenvalue weighted by molar-refractivity contribution is 6.03. The molecule has 6 nitrogen and oxygen atoms in total. The Hall–Kier alpha value is -3.03. The molecule has 0 saturated heterocycles. The SMILES string of the molecule is CCCOCCOCCOCCN1/C(=C/C=C\C=C/C2=[N+](CCCO)c3ccccc3C2(C)C)C(C)(C)c2ccccc21. The van der Waals surface area contributed by atoms with Crippen molar-refractivity contribution in [3.05, 3.63) is 95.7 Å². The largest absolute Gasteiger partial charge is 0.396 e. The van der Waals surface area contributed by atoms with E-state index in [4.69, 9.17) is 14.2 Å². The van der Waals surface area contributed by atoms with Crippen molar-refractivity contribution in [2.45, 2.75) is 58.3 Å². The van der Waals surface area contributed by atoms with Crippen LogP contribution in [-0.4, -0.2) is 74.7 Å². The van der Waals surface area contributed by atoms with E-state index in [-0.39, 0.29) is 17.4 Å². The summed E-state index contributed by atoms with van der Waals surface area (Å²) in [7, 11) is 0. The standard InChI is InChI=1S/C37H51N2O4/c1-6-24-41-26-28-43-29-27-42-25-22-39-33-18-13-11-16-31(33)37(4,5)35(39)20-9-7-8-19-34-36(2,3)30-15-10-12-17-32(30)38(34)21-14-23-40/h7-13,15-20,40H,6,14,21-29H2,1-5H3/q+1. The molecule has 0 radical (unpaired) electrons. The van der Waals surface area contributed by atoms with Crippen molar-refractivity contribution in [2.24, 2.45) is 0 Å². The van der Waals surface area contributed by atoms with Crippen molar-refractivity contribution in [2.75, 3.05) is 64.2 Å². The summed E-state index contributed by atoms with van der Waals surface area (Å²) in [5.41, 5.74) is 7.45. The number of benzene rings is 2. The number of rotatable bonds is 17. The number of allylic oxidation sites excluding steroid dienone is 6. The molecule has 0 spiro atoms. The van der Waals surface area contributed by atoms with E-state index >= 15 is 0 Å². The summed E-state index contributed by atoms with van der Waals surface area (Å²) in [6.07, 6.45) is 12.6. The topological polar surface area (TPSA) is 54.2 Å². The first-order valence-corrected chi connectivity index (χ1v) is 15.8. The Kier molecular flexibility index (Phi) is 11.9. The fraction of sp³-hybridized carbons (Fsp3) is 0.486. The van der Waals surface area contributed by atoms with Gasteiger partial charge in [-0.3, -0.25) is 0 Å². The molecule has 2 aliphatic heterocycles. The van der Waals surface area contributed by atoms with Crippen LogP contribution in [0.15, 0.2) is 84.6 Å². The number of aliphatic hydroxyl groups is 1. The van der Waals surface area contributed by atoms with E-state index in [1.165, 1.54) is 33.9 Å². The third kappa shape index (κ3) is 7.74. The van der Waals surface area contributed by atoms with Crippen LogP contribution in [0.25, 0.3) is 0 Å². The van der Waals surface area contributed by atoms with Gasteiger partial charge in [-0.25, -0.2) is 0 Å². The normalized spacial score (nSPS) is 18.0. The predicted molar refractivity (Wildman–Crippen MR) is 177 cm³/mol. The molecule has 2 aromatic carbocycles. The quantitative estimate of drug-likeness (QED) is 0.127. The Bertz CT molecular complexity index is 1320. The molecule has 0 aliphatic carbocycles. The molecule has 2 heterocycles. The fourth-order valence-electron chi connectivity index (χ4n) is 6.19. The van der Waals surface area contributed by atoms with Crippen LogP contribution in [0.4, 0.5) is 11.4 Å². The Balaban J connectivity index is 1.43. The minimum atomic E-state index is -0.114. The van der Waals surface area contributed by atoms with Crippen molar-refractivity contribution in [1.29, 1.82) is 0 Å². The Morgan fingerprint density at radius 2 is 1.42 bits per heavy atom. The predicted octanol–water partition coefficient (Wildman–Crippen LogP) is 6.70. The molecular weight excluding hydrogens is 536 g/mol. The lowest BCUT2D eigenvalue weighted by atomic mass is 9.81. The third-order valence-electron chi connectivity index (χ3n) is 8.42. The maximum absolute atomic E-state index is 9.51. The minimum Gasteiger partial charge on any atom is -0.396 e. The zero-order valence-corrected chi connectivity index (χ0v) is 26.9. The molecule has 0 fully saturated rings. The van der Waals surface area contributed by atoms with Gasteiger partial charge in [0.15, 0.2) is 12.3 Å². The monoisotopic (exact) mass is 587 g/mol. The Labute approximate surface area is 259 Å². The summed E-state index contributed by atoms with van der Waals surface area (Å²) in [6.45, 7) is 16.8. The highest BCUT2D eigenvalue weighted by Crippen LogP contribution is 2.47. The minimum absolute atomic E-state index is 0.103. The number of ether oxygens (including phenoxy) is 3. The van der Waals surface area contributed by atoms with Crippen molar-refractivity contribution in [3.8, 4) is 0 Å². The van der Waals surface area contributed by atoms with Gasteiger partial charge in [0.25, 0.3) is 0 Å². The van der Waals surface area contributed by atoms with Crippen molar-refractivity contribution < 1.29 is 23.9 Å². The van der Waals surface area contributed by atoms with Gasteiger partial charge in [-0.15, -0.1) is 0 Å². The molecule has 2 aliphatic rings. The number of hydrogen-bond acceptors (Lipinski definition) is 5. The number of fused-ring (bicyclic) bond motifs is 2. The average Bonchev–Trinajstić information content (AvgIpc) is 3.35. The number of hydrogen-bond donors (Lipinski definition) is 1. The number of nitrogens with zero attached hydrogens (tertiary/aromatic N) is 2. The molecule has 0 atom stereocenters. The summed E-state index contributed by atoms with van der Waals surface area (Å²) in [5.74, 6) is 0. The molecule has 6 heteroatoms. The Morgan fingerprint density at radius 1 is 0.767 bits per heavy atom. The van der Waals surface area contributed by atoms with E-state index in [0.29, 0.717) is 33.0 Å². The van der Waals surface area contributed by atoms with Crippen LogP contribution in [-0.2, 0) is 25.0 Å². The highest BCUT2D eigenvalue weighted by atomic mass is 16.5. The van der Waals surface area contributed by atoms with Gasteiger partial charge in [0.1, 0.15) is 0 Å². The maximum Gasteiger partial charge on any atom is 0.209 e. The average molecular weight is 588 g/mol. The summed E-state index contributed by atoms with van der Waals surface area (Å²) in [4.78, 5) is 2.39. The lowest BCUT2D eigenvalue weighted by Crippen LogP contribution is -2.29. The summed E-state index contributed by atoms with van der Waals surface area (Å²) < 4.78 is 19.4. The van der Waals surface area contributed by atoms with Crippen LogP contribution < -0.4 is 4.90 Å². The zero-order chi connectivity index (χ0) is 30.7. The van der Waals surface area contributed by atoms with Crippen molar-refractivity contribution >= 4 is 17.1 Å². The molecular formula is C37H51N2O4+. The first-order valence-electron chi connectivity index (χ1n) is 15.8. The van der Waals surface area contributed by atoms with Crippen LogP contribution in [0, 0.1) is 0 Å². The van der Waals surface area contributed by atoms with E-state index in [0.717, 1.165) is 32.5 Å².